The van der Waals surface area contributed by atoms with Crippen LogP contribution < -0.4 is 9.62 Å². The first-order valence-corrected chi connectivity index (χ1v) is 9.29. The Bertz CT molecular complexity index is 912. The molecule has 0 bridgehead atoms. The molecule has 1 saturated heterocycles. The van der Waals surface area contributed by atoms with Gasteiger partial charge in [-0.1, -0.05) is 0 Å². The zero-order chi connectivity index (χ0) is 19.8. The van der Waals surface area contributed by atoms with Gasteiger partial charge in [0, 0.05) is 31.4 Å². The van der Waals surface area contributed by atoms with E-state index >= 15 is 0 Å². The van der Waals surface area contributed by atoms with Gasteiger partial charge in [-0.15, -0.1) is 0 Å². The van der Waals surface area contributed by atoms with Gasteiger partial charge in [-0.2, -0.15) is 13.2 Å². The van der Waals surface area contributed by atoms with Gasteiger partial charge in [-0.05, 0) is 30.7 Å². The number of nitrogens with one attached hydrogen (secondary N) is 1. The fourth-order valence-corrected chi connectivity index (χ4v) is 4.08. The number of benzene rings is 1. The molecule has 146 valence electrons. The van der Waals surface area contributed by atoms with Crippen LogP contribution in [-0.4, -0.2) is 32.5 Å². The Morgan fingerprint density at radius 1 is 1.11 bits per heavy atom. The van der Waals surface area contributed by atoms with Crippen molar-refractivity contribution in [3.63, 3.8) is 0 Å². The number of anilines is 1. The highest BCUT2D eigenvalue weighted by atomic mass is 32.2. The molecule has 0 amide bonds. The SMILES string of the molecule is O=S(=O)(NC1CCN(c2ccc(C(F)(F)F)cn2)C1)c1cc(F)cc(F)c1. The normalized spacial score (nSPS) is 18.1. The first-order chi connectivity index (χ1) is 12.5. The van der Waals surface area contributed by atoms with Crippen LogP contribution in [0.5, 0.6) is 0 Å². The molecule has 0 aliphatic carbocycles. The molecule has 27 heavy (non-hydrogen) atoms. The van der Waals surface area contributed by atoms with E-state index < -0.39 is 44.3 Å². The summed E-state index contributed by atoms with van der Waals surface area (Å²) in [7, 11) is -4.15. The minimum atomic E-state index is -4.49. The van der Waals surface area contributed by atoms with E-state index in [0.717, 1.165) is 6.07 Å². The third-order valence-corrected chi connectivity index (χ3v) is 5.56. The molecule has 1 N–H and O–H groups in total. The molecule has 5 nitrogen and oxygen atoms in total. The number of halogens is 5. The number of hydrogen-bond acceptors (Lipinski definition) is 4. The minimum Gasteiger partial charge on any atom is -0.355 e. The number of nitrogens with zero attached hydrogens (tertiary/aromatic N) is 2. The van der Waals surface area contributed by atoms with Crippen molar-refractivity contribution in [3.8, 4) is 0 Å². The minimum absolute atomic E-state index is 0.162. The zero-order valence-corrected chi connectivity index (χ0v) is 14.5. The van der Waals surface area contributed by atoms with Crippen LogP contribution in [0.25, 0.3) is 0 Å². The van der Waals surface area contributed by atoms with Crippen molar-refractivity contribution < 1.29 is 30.4 Å². The van der Waals surface area contributed by atoms with E-state index in [2.05, 4.69) is 9.71 Å². The zero-order valence-electron chi connectivity index (χ0n) is 13.7. The van der Waals surface area contributed by atoms with Gasteiger partial charge in [0.25, 0.3) is 0 Å². The summed E-state index contributed by atoms with van der Waals surface area (Å²) in [6, 6.07) is 3.50. The van der Waals surface area contributed by atoms with Gasteiger partial charge in [-0.25, -0.2) is 26.9 Å². The first-order valence-electron chi connectivity index (χ1n) is 7.81. The summed E-state index contributed by atoms with van der Waals surface area (Å²) in [5.74, 6) is -1.75. The average molecular weight is 407 g/mol. The van der Waals surface area contributed by atoms with Crippen LogP contribution in [0.3, 0.4) is 0 Å². The average Bonchev–Trinajstić information content (AvgIpc) is 3.01. The highest BCUT2D eigenvalue weighted by molar-refractivity contribution is 7.89. The van der Waals surface area contributed by atoms with E-state index in [4.69, 9.17) is 0 Å². The van der Waals surface area contributed by atoms with Gasteiger partial charge in [0.15, 0.2) is 0 Å². The van der Waals surface area contributed by atoms with E-state index in [1.165, 1.54) is 6.07 Å². The van der Waals surface area contributed by atoms with Gasteiger partial charge in [0.05, 0.1) is 10.5 Å². The van der Waals surface area contributed by atoms with Crippen LogP contribution >= 0.6 is 0 Å². The Morgan fingerprint density at radius 2 is 1.78 bits per heavy atom. The predicted octanol–water partition coefficient (Wildman–Crippen LogP) is 2.94. The monoisotopic (exact) mass is 407 g/mol. The molecule has 1 fully saturated rings. The summed E-state index contributed by atoms with van der Waals surface area (Å²) in [6.07, 6.45) is -3.42. The Hall–Kier alpha value is -2.27. The summed E-state index contributed by atoms with van der Waals surface area (Å²) in [6.45, 7) is 0.526. The third kappa shape index (κ3) is 4.53. The molecule has 1 aromatic carbocycles. The molecule has 0 saturated carbocycles. The van der Waals surface area contributed by atoms with Crippen LogP contribution in [-0.2, 0) is 16.2 Å². The lowest BCUT2D eigenvalue weighted by Gasteiger charge is -2.18. The largest absolute Gasteiger partial charge is 0.417 e. The summed E-state index contributed by atoms with van der Waals surface area (Å²) in [5.41, 5.74) is -0.879. The second-order valence-electron chi connectivity index (χ2n) is 6.06. The van der Waals surface area contributed by atoms with Gasteiger partial charge >= 0.3 is 6.18 Å². The maximum Gasteiger partial charge on any atom is 0.417 e. The lowest BCUT2D eigenvalue weighted by atomic mass is 10.3. The fourth-order valence-electron chi connectivity index (χ4n) is 2.78. The lowest BCUT2D eigenvalue weighted by Crippen LogP contribution is -2.37. The summed E-state index contributed by atoms with van der Waals surface area (Å²) >= 11 is 0. The molecular formula is C16H14F5N3O2S. The van der Waals surface area contributed by atoms with Crippen molar-refractivity contribution in [2.45, 2.75) is 23.5 Å². The standard InChI is InChI=1S/C16H14F5N3O2S/c17-11-5-12(18)7-14(6-11)27(25,26)23-13-3-4-24(9-13)15-2-1-10(8-22-15)16(19,20)21/h1-2,5-8,13,23H,3-4,9H2. The summed E-state index contributed by atoms with van der Waals surface area (Å²) < 4.78 is 91.1. The van der Waals surface area contributed by atoms with Crippen LogP contribution in [0.1, 0.15) is 12.0 Å². The van der Waals surface area contributed by atoms with Crippen LogP contribution in [0.4, 0.5) is 27.8 Å². The highest BCUT2D eigenvalue weighted by Crippen LogP contribution is 2.30. The molecule has 11 heteroatoms. The molecule has 1 aromatic heterocycles. The van der Waals surface area contributed by atoms with Gasteiger partial charge in [-0.3, -0.25) is 0 Å². The molecular weight excluding hydrogens is 393 g/mol. The smallest absolute Gasteiger partial charge is 0.355 e. The summed E-state index contributed by atoms with van der Waals surface area (Å²) in [4.78, 5) is 4.86. The maximum atomic E-state index is 13.2. The second-order valence-corrected chi connectivity index (χ2v) is 7.77. The topological polar surface area (TPSA) is 62.3 Å². The molecule has 3 rings (SSSR count). The molecule has 1 atom stereocenters. The van der Waals surface area contributed by atoms with Crippen LogP contribution in [0, 0.1) is 11.6 Å². The Labute approximate surface area is 151 Å². The number of rotatable bonds is 4. The van der Waals surface area contributed by atoms with E-state index in [1.54, 1.807) is 4.90 Å². The van der Waals surface area contributed by atoms with E-state index in [1.807, 2.05) is 0 Å². The van der Waals surface area contributed by atoms with Crippen LogP contribution in [0.2, 0.25) is 0 Å². The number of sulfonamides is 1. The molecule has 0 radical (unpaired) electrons. The van der Waals surface area contributed by atoms with Crippen molar-refractivity contribution in [1.82, 2.24) is 9.71 Å². The van der Waals surface area contributed by atoms with Gasteiger partial charge in [0.2, 0.25) is 10.0 Å². The van der Waals surface area contributed by atoms with Crippen molar-refractivity contribution >= 4 is 15.8 Å². The molecule has 1 unspecified atom stereocenters. The van der Waals surface area contributed by atoms with Crippen LogP contribution in [0.15, 0.2) is 41.4 Å². The first kappa shape index (κ1) is 19.5. The highest BCUT2D eigenvalue weighted by Gasteiger charge is 2.32. The van der Waals surface area contributed by atoms with Crippen molar-refractivity contribution in [3.05, 3.63) is 53.7 Å². The van der Waals surface area contributed by atoms with E-state index in [-0.39, 0.29) is 12.4 Å². The Kier molecular flexibility index (Phi) is 5.08. The Morgan fingerprint density at radius 3 is 2.33 bits per heavy atom. The number of pyridine rings is 1. The Balaban J connectivity index is 1.69. The van der Waals surface area contributed by atoms with Crippen molar-refractivity contribution in [1.29, 1.82) is 0 Å². The van der Waals surface area contributed by atoms with E-state index in [9.17, 15) is 30.4 Å². The third-order valence-electron chi connectivity index (χ3n) is 4.06. The second kappa shape index (κ2) is 7.04. The van der Waals surface area contributed by atoms with E-state index in [0.29, 0.717) is 37.4 Å². The quantitative estimate of drug-likeness (QED) is 0.792. The predicted molar refractivity (Wildman–Crippen MR) is 86.5 cm³/mol. The molecule has 2 heterocycles. The summed E-state index contributed by atoms with van der Waals surface area (Å²) in [5, 5.41) is 0. The maximum absolute atomic E-state index is 13.2. The molecule has 0 spiro atoms. The molecule has 1 aliphatic rings. The fraction of sp³-hybridized carbons (Fsp3) is 0.312. The number of alkyl halides is 3. The number of hydrogen-bond donors (Lipinski definition) is 1. The lowest BCUT2D eigenvalue weighted by molar-refractivity contribution is -0.137. The van der Waals surface area contributed by atoms with Gasteiger partial charge < -0.3 is 4.90 Å². The molecule has 2 aromatic rings. The van der Waals surface area contributed by atoms with Crippen molar-refractivity contribution in [2.75, 3.05) is 18.0 Å². The van der Waals surface area contributed by atoms with Crippen molar-refractivity contribution in [2.24, 2.45) is 0 Å². The number of aromatic nitrogens is 1. The molecule has 1 aliphatic heterocycles. The van der Waals surface area contributed by atoms with Gasteiger partial charge in [0.1, 0.15) is 17.5 Å².